The summed E-state index contributed by atoms with van der Waals surface area (Å²) in [7, 11) is 1.60. The van der Waals surface area contributed by atoms with Gasteiger partial charge < -0.3 is 19.3 Å². The van der Waals surface area contributed by atoms with Gasteiger partial charge >= 0.3 is 0 Å². The smallest absolute Gasteiger partial charge is 0.286 e. The van der Waals surface area contributed by atoms with Crippen molar-refractivity contribution in [2.75, 3.05) is 38.2 Å². The Morgan fingerprint density at radius 3 is 2.35 bits per heavy atom. The number of nitrogens with zero attached hydrogens (tertiary/aromatic N) is 3. The fourth-order valence-electron chi connectivity index (χ4n) is 4.12. The van der Waals surface area contributed by atoms with Crippen LogP contribution in [0.3, 0.4) is 0 Å². The summed E-state index contributed by atoms with van der Waals surface area (Å²) in [6.07, 6.45) is 1.84. The molecule has 0 unspecified atom stereocenters. The van der Waals surface area contributed by atoms with Crippen LogP contribution in [0.15, 0.2) is 82.7 Å². The first-order valence-electron chi connectivity index (χ1n) is 11.7. The highest BCUT2D eigenvalue weighted by atomic mass is 35.5. The Kier molecular flexibility index (Phi) is 8.74. The standard InChI is InChI=1S/C28H26FN3O3S.ClH/c1-34-25-17-21(7-12-24(25)35-19-20-5-3-2-4-6-20)18-26-27(33)30-28(36-26)32-15-13-31(14-16-32)23-10-8-22(29)9-11-23;/h2-12,17-18H,13-16,19H2,1H3;1H. The van der Waals surface area contributed by atoms with Crippen molar-refractivity contribution in [3.8, 4) is 11.5 Å². The molecule has 3 aromatic rings. The number of rotatable bonds is 6. The molecule has 192 valence electrons. The first kappa shape index (κ1) is 26.6. The Hall–Kier alpha value is -3.49. The molecule has 1 fully saturated rings. The number of methoxy groups -OCH3 is 1. The summed E-state index contributed by atoms with van der Waals surface area (Å²) in [5.74, 6) is 0.775. The maximum absolute atomic E-state index is 13.2. The first-order valence-corrected chi connectivity index (χ1v) is 12.5. The van der Waals surface area contributed by atoms with Crippen molar-refractivity contribution in [2.45, 2.75) is 6.61 Å². The number of benzene rings is 3. The molecule has 1 saturated heterocycles. The molecule has 0 saturated carbocycles. The minimum atomic E-state index is -0.237. The fraction of sp³-hybridized carbons (Fsp3) is 0.214. The molecular weight excluding hydrogens is 513 g/mol. The van der Waals surface area contributed by atoms with E-state index in [1.807, 2.05) is 54.6 Å². The van der Waals surface area contributed by atoms with Crippen LogP contribution in [0, 0.1) is 5.82 Å². The van der Waals surface area contributed by atoms with Crippen LogP contribution in [0.4, 0.5) is 10.1 Å². The van der Waals surface area contributed by atoms with Gasteiger partial charge in [-0.1, -0.05) is 36.4 Å². The van der Waals surface area contributed by atoms with Gasteiger partial charge in [-0.25, -0.2) is 4.39 Å². The van der Waals surface area contributed by atoms with Gasteiger partial charge in [0.1, 0.15) is 12.4 Å². The highest BCUT2D eigenvalue weighted by molar-refractivity contribution is 8.18. The molecule has 0 N–H and O–H groups in total. The maximum Gasteiger partial charge on any atom is 0.286 e. The van der Waals surface area contributed by atoms with E-state index >= 15 is 0 Å². The summed E-state index contributed by atoms with van der Waals surface area (Å²) >= 11 is 1.39. The van der Waals surface area contributed by atoms with Crippen LogP contribution in [-0.2, 0) is 11.4 Å². The van der Waals surface area contributed by atoms with Crippen LogP contribution in [0.5, 0.6) is 11.5 Å². The molecular formula is C28H27ClFN3O3S. The second-order valence-electron chi connectivity index (χ2n) is 8.45. The van der Waals surface area contributed by atoms with E-state index in [0.717, 1.165) is 48.2 Å². The van der Waals surface area contributed by atoms with E-state index in [1.165, 1.54) is 23.9 Å². The average molecular weight is 540 g/mol. The van der Waals surface area contributed by atoms with Crippen molar-refractivity contribution >= 4 is 47.0 Å². The zero-order valence-corrected chi connectivity index (χ0v) is 21.9. The minimum absolute atomic E-state index is 0. The lowest BCUT2D eigenvalue weighted by atomic mass is 10.2. The van der Waals surface area contributed by atoms with Gasteiger partial charge in [0.25, 0.3) is 5.91 Å². The number of carbonyl (C=O) groups is 1. The van der Waals surface area contributed by atoms with Gasteiger partial charge in [0.05, 0.1) is 12.0 Å². The number of anilines is 1. The Morgan fingerprint density at radius 2 is 1.65 bits per heavy atom. The maximum atomic E-state index is 13.2. The predicted octanol–water partition coefficient (Wildman–Crippen LogP) is 5.63. The Bertz CT molecular complexity index is 1290. The topological polar surface area (TPSA) is 54.4 Å². The zero-order chi connectivity index (χ0) is 24.9. The third-order valence-corrected chi connectivity index (χ3v) is 7.12. The number of hydrogen-bond acceptors (Lipinski definition) is 6. The summed E-state index contributed by atoms with van der Waals surface area (Å²) in [4.78, 5) is 21.8. The number of carbonyl (C=O) groups excluding carboxylic acids is 1. The molecule has 37 heavy (non-hydrogen) atoms. The fourth-order valence-corrected chi connectivity index (χ4v) is 5.09. The van der Waals surface area contributed by atoms with Crippen molar-refractivity contribution in [1.82, 2.24) is 4.90 Å². The quantitative estimate of drug-likeness (QED) is 0.379. The van der Waals surface area contributed by atoms with E-state index in [0.29, 0.717) is 23.0 Å². The van der Waals surface area contributed by atoms with Crippen molar-refractivity contribution in [3.05, 3.63) is 94.6 Å². The molecule has 0 aliphatic carbocycles. The second-order valence-corrected chi connectivity index (χ2v) is 9.45. The van der Waals surface area contributed by atoms with Gasteiger partial charge in [0.2, 0.25) is 0 Å². The van der Waals surface area contributed by atoms with Crippen molar-refractivity contribution in [1.29, 1.82) is 0 Å². The molecule has 0 radical (unpaired) electrons. The minimum Gasteiger partial charge on any atom is -0.493 e. The third-order valence-electron chi connectivity index (χ3n) is 6.07. The van der Waals surface area contributed by atoms with Crippen LogP contribution >= 0.6 is 24.2 Å². The van der Waals surface area contributed by atoms with Gasteiger partial charge in [-0.15, -0.1) is 12.4 Å². The van der Waals surface area contributed by atoms with E-state index in [2.05, 4.69) is 14.8 Å². The normalized spacial score (nSPS) is 16.4. The van der Waals surface area contributed by atoms with Crippen molar-refractivity contribution < 1.29 is 18.7 Å². The Balaban J connectivity index is 0.00000320. The van der Waals surface area contributed by atoms with Crippen LogP contribution in [0.25, 0.3) is 6.08 Å². The van der Waals surface area contributed by atoms with Crippen LogP contribution in [-0.4, -0.2) is 49.3 Å². The highest BCUT2D eigenvalue weighted by Gasteiger charge is 2.28. The molecule has 2 aliphatic heterocycles. The molecule has 1 amide bonds. The summed E-state index contributed by atoms with van der Waals surface area (Å²) in [6.45, 7) is 3.48. The molecule has 3 aromatic carbocycles. The molecule has 0 bridgehead atoms. The van der Waals surface area contributed by atoms with Gasteiger partial charge in [-0.2, -0.15) is 4.99 Å². The third kappa shape index (κ3) is 6.45. The lowest BCUT2D eigenvalue weighted by Crippen LogP contribution is -2.47. The number of thioether (sulfide) groups is 1. The molecule has 2 heterocycles. The average Bonchev–Trinajstić information content (AvgIpc) is 3.28. The van der Waals surface area contributed by atoms with Gasteiger partial charge in [0.15, 0.2) is 16.7 Å². The molecule has 6 nitrogen and oxygen atoms in total. The van der Waals surface area contributed by atoms with Crippen molar-refractivity contribution in [2.24, 2.45) is 4.99 Å². The number of ether oxygens (including phenoxy) is 2. The summed E-state index contributed by atoms with van der Waals surface area (Å²) in [5, 5.41) is 0.722. The lowest BCUT2D eigenvalue weighted by Gasteiger charge is -2.36. The molecule has 9 heteroatoms. The molecule has 0 spiro atoms. The number of hydrogen-bond donors (Lipinski definition) is 0. The Labute approximate surface area is 226 Å². The molecule has 0 aromatic heterocycles. The second kappa shape index (κ2) is 12.2. The number of amides is 1. The van der Waals surface area contributed by atoms with E-state index < -0.39 is 0 Å². The van der Waals surface area contributed by atoms with E-state index in [-0.39, 0.29) is 24.1 Å². The van der Waals surface area contributed by atoms with E-state index in [1.54, 1.807) is 19.2 Å². The summed E-state index contributed by atoms with van der Waals surface area (Å²) in [6, 6.07) is 22.1. The van der Waals surface area contributed by atoms with Gasteiger partial charge in [0, 0.05) is 31.9 Å². The molecule has 0 atom stereocenters. The first-order chi connectivity index (χ1) is 17.6. The number of amidine groups is 1. The van der Waals surface area contributed by atoms with E-state index in [4.69, 9.17) is 9.47 Å². The summed E-state index contributed by atoms with van der Waals surface area (Å²) < 4.78 is 24.7. The Morgan fingerprint density at radius 1 is 0.946 bits per heavy atom. The molecule has 2 aliphatic rings. The highest BCUT2D eigenvalue weighted by Crippen LogP contribution is 2.34. The van der Waals surface area contributed by atoms with Gasteiger partial charge in [-0.3, -0.25) is 4.79 Å². The van der Waals surface area contributed by atoms with Crippen LogP contribution in [0.1, 0.15) is 11.1 Å². The van der Waals surface area contributed by atoms with E-state index in [9.17, 15) is 9.18 Å². The number of piperazine rings is 1. The van der Waals surface area contributed by atoms with Crippen LogP contribution < -0.4 is 14.4 Å². The van der Waals surface area contributed by atoms with Crippen LogP contribution in [0.2, 0.25) is 0 Å². The van der Waals surface area contributed by atoms with Crippen molar-refractivity contribution in [3.63, 3.8) is 0 Å². The molecule has 5 rings (SSSR count). The lowest BCUT2D eigenvalue weighted by molar-refractivity contribution is -0.113. The summed E-state index contributed by atoms with van der Waals surface area (Å²) in [5.41, 5.74) is 2.91. The number of halogens is 2. The SMILES string of the molecule is COc1cc(C=C2SC(N3CCN(c4ccc(F)cc4)CC3)=NC2=O)ccc1OCc1ccccc1.Cl. The largest absolute Gasteiger partial charge is 0.493 e. The van der Waals surface area contributed by atoms with Gasteiger partial charge in [-0.05, 0) is 65.4 Å². The monoisotopic (exact) mass is 539 g/mol. The number of aliphatic imine (C=N–C) groups is 1. The zero-order valence-electron chi connectivity index (χ0n) is 20.3. The predicted molar refractivity (Wildman–Crippen MR) is 149 cm³/mol.